The Labute approximate surface area is 130 Å². The molecule has 1 aromatic heterocycles. The van der Waals surface area contributed by atoms with Gasteiger partial charge in [-0.2, -0.15) is 0 Å². The van der Waals surface area contributed by atoms with Gasteiger partial charge in [0.05, 0.1) is 6.42 Å². The number of hydrogen-bond acceptors (Lipinski definition) is 3. The molecule has 60 valence electrons. The topological polar surface area (TPSA) is 53.1 Å². The van der Waals surface area contributed by atoms with E-state index in [2.05, 4.69) is 4.98 Å². The van der Waals surface area contributed by atoms with E-state index in [1.165, 1.54) is 11.3 Å². The molecule has 7 heteroatoms. The third kappa shape index (κ3) is 5.69. The van der Waals surface area contributed by atoms with E-state index in [9.17, 15) is 4.79 Å². The molecule has 0 fully saturated rings. The number of aryl methyl sites for hydroxylation is 1. The molecule has 0 aliphatic rings. The standard InChI is InChI=1S/C6H7NO2S2.2Na/c1-3-4(2-5(8)9)7-6(10)11-3;;/h2H2,1H3,(H,7,10)(H,8,9);;/q;2*+1. The van der Waals surface area contributed by atoms with Gasteiger partial charge in [0.15, 0.2) is 3.95 Å². The van der Waals surface area contributed by atoms with Gasteiger partial charge in [-0.3, -0.25) is 4.79 Å². The summed E-state index contributed by atoms with van der Waals surface area (Å²) in [6.07, 6.45) is 0.0268. The molecule has 13 heavy (non-hydrogen) atoms. The normalized spacial score (nSPS) is 8.38. The Bertz CT molecular complexity index is 334. The predicted octanol–water partition coefficient (Wildman–Crippen LogP) is -4.25. The number of carbonyl (C=O) groups is 1. The molecule has 0 saturated carbocycles. The Hall–Kier alpha value is 1.32. The Balaban J connectivity index is 0. The van der Waals surface area contributed by atoms with Crippen molar-refractivity contribution >= 4 is 29.5 Å². The molecule has 0 aromatic carbocycles. The van der Waals surface area contributed by atoms with E-state index in [0.29, 0.717) is 9.65 Å². The minimum absolute atomic E-state index is 0. The average Bonchev–Trinajstić information content (AvgIpc) is 2.09. The first-order valence-electron chi connectivity index (χ1n) is 3.00. The summed E-state index contributed by atoms with van der Waals surface area (Å²) in [4.78, 5) is 14.1. The quantitative estimate of drug-likeness (QED) is 0.403. The van der Waals surface area contributed by atoms with Gasteiger partial charge in [-0.05, 0) is 19.1 Å². The van der Waals surface area contributed by atoms with Crippen LogP contribution in [0.1, 0.15) is 10.6 Å². The average molecular weight is 235 g/mol. The van der Waals surface area contributed by atoms with Crippen LogP contribution in [-0.4, -0.2) is 16.1 Å². The summed E-state index contributed by atoms with van der Waals surface area (Å²) in [5, 5.41) is 8.45. The van der Waals surface area contributed by atoms with Gasteiger partial charge < -0.3 is 10.1 Å². The third-order valence-electron chi connectivity index (χ3n) is 1.25. The molecule has 0 amide bonds. The van der Waals surface area contributed by atoms with Crippen molar-refractivity contribution in [2.45, 2.75) is 13.3 Å². The zero-order valence-corrected chi connectivity index (χ0v) is 13.5. The number of aromatic nitrogens is 1. The summed E-state index contributed by atoms with van der Waals surface area (Å²) < 4.78 is 0.638. The van der Waals surface area contributed by atoms with E-state index in [4.69, 9.17) is 17.3 Å². The molecule has 0 bridgehead atoms. The summed E-state index contributed by atoms with van der Waals surface area (Å²) in [6, 6.07) is 0. The van der Waals surface area contributed by atoms with Crippen molar-refractivity contribution < 1.29 is 69.0 Å². The fraction of sp³-hybridized carbons (Fsp3) is 0.333. The van der Waals surface area contributed by atoms with Crippen molar-refractivity contribution in [3.05, 3.63) is 14.5 Å². The minimum Gasteiger partial charge on any atom is -0.481 e. The van der Waals surface area contributed by atoms with Crippen LogP contribution in [-0.2, 0) is 11.2 Å². The SMILES string of the molecule is Cc1sc(=S)[nH]c1CC(=O)O.[Na+].[Na+]. The van der Waals surface area contributed by atoms with Crippen molar-refractivity contribution in [2.24, 2.45) is 0 Å². The Morgan fingerprint density at radius 3 is 2.46 bits per heavy atom. The number of hydrogen-bond donors (Lipinski definition) is 2. The van der Waals surface area contributed by atoms with Crippen LogP contribution < -0.4 is 59.1 Å². The maximum atomic E-state index is 10.3. The second-order valence-corrected chi connectivity index (χ2v) is 4.01. The van der Waals surface area contributed by atoms with Crippen LogP contribution in [0, 0.1) is 10.9 Å². The molecule has 0 atom stereocenters. The predicted molar refractivity (Wildman–Crippen MR) is 45.6 cm³/mol. The second-order valence-electron chi connectivity index (χ2n) is 2.12. The first-order chi connectivity index (χ1) is 5.09. The zero-order valence-electron chi connectivity index (χ0n) is 7.88. The van der Waals surface area contributed by atoms with Crippen LogP contribution in [0.4, 0.5) is 0 Å². The zero-order chi connectivity index (χ0) is 8.43. The molecule has 1 heterocycles. The number of aliphatic carboxylic acids is 1. The molecule has 0 radical (unpaired) electrons. The molecule has 0 spiro atoms. The van der Waals surface area contributed by atoms with Gasteiger partial charge in [0, 0.05) is 10.6 Å². The van der Waals surface area contributed by atoms with Crippen LogP contribution in [0.25, 0.3) is 0 Å². The second kappa shape index (κ2) is 7.59. The van der Waals surface area contributed by atoms with E-state index in [1.54, 1.807) is 0 Å². The largest absolute Gasteiger partial charge is 1.00 e. The number of rotatable bonds is 2. The minimum atomic E-state index is -0.836. The van der Waals surface area contributed by atoms with E-state index in [0.717, 1.165) is 4.88 Å². The fourth-order valence-corrected chi connectivity index (χ4v) is 1.95. The monoisotopic (exact) mass is 235 g/mol. The van der Waals surface area contributed by atoms with Crippen LogP contribution in [0.3, 0.4) is 0 Å². The third-order valence-corrected chi connectivity index (χ3v) is 2.44. The maximum Gasteiger partial charge on any atom is 1.00 e. The van der Waals surface area contributed by atoms with E-state index >= 15 is 0 Å². The van der Waals surface area contributed by atoms with Gasteiger partial charge in [0.25, 0.3) is 0 Å². The molecule has 2 N–H and O–H groups in total. The van der Waals surface area contributed by atoms with Gasteiger partial charge in [0.1, 0.15) is 0 Å². The van der Waals surface area contributed by atoms with Crippen molar-refractivity contribution in [2.75, 3.05) is 0 Å². The van der Waals surface area contributed by atoms with Gasteiger partial charge in [-0.15, -0.1) is 11.3 Å². The molecule has 1 rings (SSSR count). The maximum absolute atomic E-state index is 10.3. The Morgan fingerprint density at radius 2 is 2.15 bits per heavy atom. The first kappa shape index (κ1) is 16.7. The summed E-state index contributed by atoms with van der Waals surface area (Å²) in [5.41, 5.74) is 0.715. The summed E-state index contributed by atoms with van der Waals surface area (Å²) in [6.45, 7) is 1.86. The first-order valence-corrected chi connectivity index (χ1v) is 4.22. The Kier molecular flexibility index (Phi) is 9.77. The van der Waals surface area contributed by atoms with Crippen LogP contribution in [0.5, 0.6) is 0 Å². The number of carboxylic acids is 1. The number of thiazole rings is 1. The van der Waals surface area contributed by atoms with Crippen LogP contribution >= 0.6 is 23.6 Å². The molecule has 0 unspecified atom stereocenters. The van der Waals surface area contributed by atoms with Gasteiger partial charge in [0.2, 0.25) is 0 Å². The molecule has 1 aromatic rings. The van der Waals surface area contributed by atoms with Gasteiger partial charge in [-0.1, -0.05) is 0 Å². The van der Waals surface area contributed by atoms with Gasteiger partial charge >= 0.3 is 65.1 Å². The van der Waals surface area contributed by atoms with Crippen LogP contribution in [0.2, 0.25) is 0 Å². The van der Waals surface area contributed by atoms with E-state index in [1.807, 2.05) is 6.92 Å². The molecule has 0 saturated heterocycles. The fourth-order valence-electron chi connectivity index (χ4n) is 0.757. The van der Waals surface area contributed by atoms with Crippen molar-refractivity contribution in [1.29, 1.82) is 0 Å². The van der Waals surface area contributed by atoms with Crippen molar-refractivity contribution in [1.82, 2.24) is 4.98 Å². The molecule has 3 nitrogen and oxygen atoms in total. The molecular weight excluding hydrogens is 228 g/mol. The van der Waals surface area contributed by atoms with Gasteiger partial charge in [-0.25, -0.2) is 0 Å². The molecule has 0 aliphatic carbocycles. The number of H-pyrrole nitrogens is 1. The summed E-state index contributed by atoms with van der Waals surface area (Å²) in [5.74, 6) is -0.836. The van der Waals surface area contributed by atoms with E-state index in [-0.39, 0.29) is 65.5 Å². The van der Waals surface area contributed by atoms with Crippen LogP contribution in [0.15, 0.2) is 0 Å². The van der Waals surface area contributed by atoms with Crippen molar-refractivity contribution in [3.63, 3.8) is 0 Å². The van der Waals surface area contributed by atoms with E-state index < -0.39 is 5.97 Å². The molecular formula is C6H7NNa2O2S2+2. The number of nitrogens with one attached hydrogen (secondary N) is 1. The van der Waals surface area contributed by atoms with Crippen molar-refractivity contribution in [3.8, 4) is 0 Å². The smallest absolute Gasteiger partial charge is 0.481 e. The summed E-state index contributed by atoms with van der Waals surface area (Å²) >= 11 is 6.25. The summed E-state index contributed by atoms with van der Waals surface area (Å²) in [7, 11) is 0. The Morgan fingerprint density at radius 1 is 1.62 bits per heavy atom. The number of carboxylic acid groups (broad SMARTS) is 1. The number of aromatic amines is 1. The molecule has 0 aliphatic heterocycles.